The van der Waals surface area contributed by atoms with Crippen molar-refractivity contribution in [2.75, 3.05) is 5.32 Å². The maximum Gasteiger partial charge on any atom is 0.251 e. The zero-order valence-electron chi connectivity index (χ0n) is 14.8. The number of carbonyl (C=O) groups excluding carboxylic acids is 2. The number of hydrogen-bond donors (Lipinski definition) is 4. The third-order valence-corrected chi connectivity index (χ3v) is 6.14. The van der Waals surface area contributed by atoms with Gasteiger partial charge in [0.2, 0.25) is 9.70 Å². The zero-order valence-corrected chi connectivity index (χ0v) is 18.7. The number of amides is 2. The topological polar surface area (TPSA) is 96.2 Å². The Hall–Kier alpha value is -0.800. The van der Waals surface area contributed by atoms with Crippen LogP contribution in [0.1, 0.15) is 47.5 Å². The molecule has 0 spiro atoms. The highest BCUT2D eigenvalue weighted by molar-refractivity contribution is 7.80. The lowest BCUT2D eigenvalue weighted by atomic mass is 9.95. The van der Waals surface area contributed by atoms with Crippen LogP contribution < -0.4 is 21.7 Å². The lowest BCUT2D eigenvalue weighted by molar-refractivity contribution is -0.124. The normalized spacial score (nSPS) is 15.0. The van der Waals surface area contributed by atoms with Crippen LogP contribution in [0, 0.1) is 5.92 Å². The van der Waals surface area contributed by atoms with Gasteiger partial charge >= 0.3 is 0 Å². The summed E-state index contributed by atoms with van der Waals surface area (Å²) in [5.74, 6) is -1.11. The minimum absolute atomic E-state index is 0.108. The molecule has 27 heavy (non-hydrogen) atoms. The molecule has 11 heteroatoms. The molecule has 0 aliphatic heterocycles. The SMILES string of the molecule is CC(C)C(=O)NC(NC(=S)Nc1sc2c(c1C(N)=O)CCCC2)C(Cl)(Cl)Cl. The van der Waals surface area contributed by atoms with E-state index in [2.05, 4.69) is 16.0 Å². The summed E-state index contributed by atoms with van der Waals surface area (Å²) in [6.45, 7) is 3.44. The molecule has 0 radical (unpaired) electrons. The Balaban J connectivity index is 2.17. The Morgan fingerprint density at radius 3 is 2.37 bits per heavy atom. The predicted molar refractivity (Wildman–Crippen MR) is 116 cm³/mol. The number of thiocarbonyl (C=S) groups is 1. The molecule has 1 heterocycles. The second kappa shape index (κ2) is 9.13. The van der Waals surface area contributed by atoms with Gasteiger partial charge in [0.05, 0.1) is 5.56 Å². The van der Waals surface area contributed by atoms with Crippen molar-refractivity contribution in [1.82, 2.24) is 10.6 Å². The number of carbonyl (C=O) groups is 2. The number of aryl methyl sites for hydroxylation is 1. The molecule has 0 saturated heterocycles. The lowest BCUT2D eigenvalue weighted by Gasteiger charge is -2.28. The van der Waals surface area contributed by atoms with Crippen LogP contribution in [0.2, 0.25) is 0 Å². The first kappa shape index (κ1) is 22.5. The van der Waals surface area contributed by atoms with Crippen LogP contribution in [0.15, 0.2) is 0 Å². The quantitative estimate of drug-likeness (QED) is 0.299. The summed E-state index contributed by atoms with van der Waals surface area (Å²) in [5.41, 5.74) is 7.01. The first-order valence-corrected chi connectivity index (χ1v) is 10.8. The summed E-state index contributed by atoms with van der Waals surface area (Å²) >= 11 is 24.6. The highest BCUT2D eigenvalue weighted by atomic mass is 35.6. The summed E-state index contributed by atoms with van der Waals surface area (Å²) in [5, 5.41) is 9.02. The van der Waals surface area contributed by atoms with Crippen molar-refractivity contribution in [3.8, 4) is 0 Å². The van der Waals surface area contributed by atoms with Gasteiger partial charge in [-0.1, -0.05) is 48.7 Å². The van der Waals surface area contributed by atoms with E-state index in [1.165, 1.54) is 11.3 Å². The molecule has 1 aromatic heterocycles. The van der Waals surface area contributed by atoms with E-state index >= 15 is 0 Å². The maximum atomic E-state index is 12.0. The van der Waals surface area contributed by atoms with Crippen LogP contribution >= 0.6 is 58.4 Å². The first-order chi connectivity index (χ1) is 12.5. The van der Waals surface area contributed by atoms with Gasteiger partial charge in [-0.05, 0) is 43.5 Å². The van der Waals surface area contributed by atoms with E-state index in [0.29, 0.717) is 10.6 Å². The van der Waals surface area contributed by atoms with Gasteiger partial charge in [-0.25, -0.2) is 0 Å². The minimum atomic E-state index is -1.84. The number of primary amides is 1. The number of nitrogens with one attached hydrogen (secondary N) is 3. The van der Waals surface area contributed by atoms with Crippen molar-refractivity contribution in [3.05, 3.63) is 16.0 Å². The van der Waals surface area contributed by atoms with E-state index in [-0.39, 0.29) is 16.9 Å². The molecule has 1 aromatic rings. The Labute approximate surface area is 182 Å². The van der Waals surface area contributed by atoms with Crippen molar-refractivity contribution >= 4 is 80.3 Å². The monoisotopic (exact) mass is 470 g/mol. The average Bonchev–Trinajstić information content (AvgIpc) is 2.90. The molecule has 150 valence electrons. The number of hydrogen-bond acceptors (Lipinski definition) is 4. The molecule has 1 unspecified atom stereocenters. The van der Waals surface area contributed by atoms with Crippen LogP contribution in [0.3, 0.4) is 0 Å². The highest BCUT2D eigenvalue weighted by Gasteiger charge is 2.35. The van der Waals surface area contributed by atoms with Gasteiger partial charge in [0.1, 0.15) is 11.2 Å². The number of nitrogens with two attached hydrogens (primary N) is 1. The van der Waals surface area contributed by atoms with E-state index in [1.807, 2.05) is 0 Å². The van der Waals surface area contributed by atoms with E-state index in [1.54, 1.807) is 13.8 Å². The Bertz CT molecular complexity index is 747. The van der Waals surface area contributed by atoms with Crippen molar-refractivity contribution < 1.29 is 9.59 Å². The fourth-order valence-corrected chi connectivity index (χ4v) is 4.60. The van der Waals surface area contributed by atoms with E-state index in [4.69, 9.17) is 52.8 Å². The number of rotatable bonds is 5. The predicted octanol–water partition coefficient (Wildman–Crippen LogP) is 3.48. The molecule has 0 fully saturated rings. The van der Waals surface area contributed by atoms with Crippen molar-refractivity contribution in [1.29, 1.82) is 0 Å². The van der Waals surface area contributed by atoms with Crippen molar-refractivity contribution in [3.63, 3.8) is 0 Å². The fraction of sp³-hybridized carbons (Fsp3) is 0.562. The third-order valence-electron chi connectivity index (χ3n) is 4.06. The van der Waals surface area contributed by atoms with Crippen molar-refractivity contribution in [2.24, 2.45) is 11.7 Å². The lowest BCUT2D eigenvalue weighted by Crippen LogP contribution is -2.56. The largest absolute Gasteiger partial charge is 0.365 e. The van der Waals surface area contributed by atoms with Gasteiger partial charge in [0, 0.05) is 10.8 Å². The average molecular weight is 472 g/mol. The molecule has 1 atom stereocenters. The summed E-state index contributed by atoms with van der Waals surface area (Å²) in [7, 11) is 0. The molecule has 6 nitrogen and oxygen atoms in total. The second-order valence-corrected chi connectivity index (χ2v) is 10.4. The molecule has 0 aromatic carbocycles. The molecule has 1 aliphatic rings. The van der Waals surface area contributed by atoms with Gasteiger partial charge in [0.25, 0.3) is 5.91 Å². The van der Waals surface area contributed by atoms with Gasteiger partial charge < -0.3 is 21.7 Å². The van der Waals surface area contributed by atoms with Crippen LogP contribution in [0.25, 0.3) is 0 Å². The van der Waals surface area contributed by atoms with Crippen LogP contribution in [0.5, 0.6) is 0 Å². The highest BCUT2D eigenvalue weighted by Crippen LogP contribution is 2.38. The van der Waals surface area contributed by atoms with Crippen LogP contribution in [0.4, 0.5) is 5.00 Å². The Morgan fingerprint density at radius 2 is 1.81 bits per heavy atom. The molecule has 0 saturated carbocycles. The molecule has 1 aliphatic carbocycles. The number of halogens is 3. The molecule has 5 N–H and O–H groups in total. The standard InChI is InChI=1S/C16H21Cl3N4O2S2/c1-7(2)12(25)21-14(16(17,18)19)23-15(26)22-13-10(11(20)24)8-5-3-4-6-9(8)27-13/h7,14H,3-6H2,1-2H3,(H2,20,24)(H,21,25)(H2,22,23,26). The summed E-state index contributed by atoms with van der Waals surface area (Å²) in [4.78, 5) is 25.0. The van der Waals surface area contributed by atoms with Gasteiger partial charge in [-0.15, -0.1) is 11.3 Å². The first-order valence-electron chi connectivity index (χ1n) is 8.39. The summed E-state index contributed by atoms with van der Waals surface area (Å²) < 4.78 is -1.84. The molecule has 2 amide bonds. The van der Waals surface area contributed by atoms with Crippen LogP contribution in [-0.2, 0) is 17.6 Å². The molecule has 0 bridgehead atoms. The number of fused-ring (bicyclic) bond motifs is 1. The molecule has 2 rings (SSSR count). The van der Waals surface area contributed by atoms with Gasteiger partial charge in [-0.3, -0.25) is 9.59 Å². The summed E-state index contributed by atoms with van der Waals surface area (Å²) in [6.07, 6.45) is 2.76. The number of thiophene rings is 1. The summed E-state index contributed by atoms with van der Waals surface area (Å²) in [6, 6.07) is 0. The Kier molecular flexibility index (Phi) is 7.61. The smallest absolute Gasteiger partial charge is 0.251 e. The van der Waals surface area contributed by atoms with Crippen LogP contribution in [-0.4, -0.2) is 26.9 Å². The van der Waals surface area contributed by atoms with E-state index in [0.717, 1.165) is 36.1 Å². The molecular weight excluding hydrogens is 451 g/mol. The fourth-order valence-electron chi connectivity index (χ4n) is 2.69. The van der Waals surface area contributed by atoms with E-state index < -0.39 is 15.9 Å². The number of anilines is 1. The van der Waals surface area contributed by atoms with Gasteiger partial charge in [-0.2, -0.15) is 0 Å². The third kappa shape index (κ3) is 5.84. The second-order valence-electron chi connectivity index (χ2n) is 6.52. The molecular formula is C16H21Cl3N4O2S2. The zero-order chi connectivity index (χ0) is 20.4. The maximum absolute atomic E-state index is 12.0. The van der Waals surface area contributed by atoms with Gasteiger partial charge in [0.15, 0.2) is 5.11 Å². The van der Waals surface area contributed by atoms with E-state index in [9.17, 15) is 9.59 Å². The minimum Gasteiger partial charge on any atom is -0.365 e. The Morgan fingerprint density at radius 1 is 1.19 bits per heavy atom. The van der Waals surface area contributed by atoms with Crippen molar-refractivity contribution in [2.45, 2.75) is 49.5 Å². The number of alkyl halides is 3.